The lowest BCUT2D eigenvalue weighted by atomic mass is 9.45. The predicted octanol–water partition coefficient (Wildman–Crippen LogP) is 11.2. The van der Waals surface area contributed by atoms with Gasteiger partial charge < -0.3 is 19.8 Å². The summed E-state index contributed by atoms with van der Waals surface area (Å²) in [7, 11) is 0. The van der Waals surface area contributed by atoms with E-state index in [-0.39, 0.29) is 29.6 Å². The Kier molecular flexibility index (Phi) is 11.0. The van der Waals surface area contributed by atoms with Crippen LogP contribution in [0.3, 0.4) is 0 Å². The smallest absolute Gasteiger partial charge is 0.410 e. The number of fused-ring (bicyclic) bond motifs is 11. The molecular weight excluding hydrogens is 695 g/mol. The average molecular weight is 760 g/mol. The lowest BCUT2D eigenvalue weighted by molar-refractivity contribution is -0.119. The molecule has 300 valence electrons. The van der Waals surface area contributed by atoms with Crippen molar-refractivity contribution in [3.8, 4) is 5.75 Å². The first-order valence-electron chi connectivity index (χ1n) is 22.0. The van der Waals surface area contributed by atoms with Gasteiger partial charge in [-0.2, -0.15) is 0 Å². The number of allylic oxidation sites excluding steroid dienone is 2. The fourth-order valence-corrected chi connectivity index (χ4v) is 12.2. The first-order chi connectivity index (χ1) is 26.8. The summed E-state index contributed by atoms with van der Waals surface area (Å²) >= 11 is 0. The molecule has 10 rings (SSSR count). The van der Waals surface area contributed by atoms with Crippen LogP contribution in [0.5, 0.6) is 5.75 Å². The number of nitrogens with zero attached hydrogens (tertiary/aromatic N) is 1. The summed E-state index contributed by atoms with van der Waals surface area (Å²) in [5.74, 6) is 2.35. The maximum absolute atomic E-state index is 14.6. The van der Waals surface area contributed by atoms with Crippen molar-refractivity contribution in [2.45, 2.75) is 142 Å². The van der Waals surface area contributed by atoms with Gasteiger partial charge in [0.05, 0.1) is 18.2 Å². The maximum Gasteiger partial charge on any atom is 0.415 e. The summed E-state index contributed by atoms with van der Waals surface area (Å²) in [5, 5.41) is 26.5. The molecule has 7 aliphatic carbocycles. The average Bonchev–Trinajstić information content (AvgIpc) is 3.45. The van der Waals surface area contributed by atoms with Gasteiger partial charge in [-0.05, 0) is 153 Å². The minimum atomic E-state index is -1.20. The molecule has 5 fully saturated rings. The minimum absolute atomic E-state index is 0.0184. The van der Waals surface area contributed by atoms with Gasteiger partial charge in [0.2, 0.25) is 0 Å². The highest BCUT2D eigenvalue weighted by Crippen LogP contribution is 2.62. The van der Waals surface area contributed by atoms with Gasteiger partial charge in [-0.3, -0.25) is 4.79 Å². The predicted molar refractivity (Wildman–Crippen MR) is 224 cm³/mol. The number of rotatable bonds is 7. The number of benzene rings is 3. The molecule has 5 saturated carbocycles. The number of hydrogen-bond acceptors (Lipinski definition) is 5. The molecule has 3 aromatic carbocycles. The highest BCUT2D eigenvalue weighted by atomic mass is 16.6. The van der Waals surface area contributed by atoms with E-state index in [4.69, 9.17) is 4.74 Å². The van der Waals surface area contributed by atoms with Crippen LogP contribution in [0, 0.1) is 34.5 Å². The van der Waals surface area contributed by atoms with E-state index in [1.54, 1.807) is 0 Å². The lowest BCUT2D eigenvalue weighted by Crippen LogP contribution is -2.58. The number of carbonyl (C=O) groups is 2. The summed E-state index contributed by atoms with van der Waals surface area (Å²) in [6.07, 6.45) is 14.9. The van der Waals surface area contributed by atoms with Crippen LogP contribution in [0.15, 0.2) is 72.3 Å². The van der Waals surface area contributed by atoms with E-state index in [0.29, 0.717) is 43.4 Å². The topological polar surface area (TPSA) is 87.1 Å². The van der Waals surface area contributed by atoms with E-state index in [9.17, 15) is 19.8 Å². The standard InChI is InChI=1S/C50H65NO5/c1-33-11-10-25-49(4)44(42-23-17-34(27-40(52)21-16-33)28-43(42)46(53)36-13-6-5-7-14-36)24-26-50(49,55)32-51(31-38-18-20-39-30-45(38)48(39,2)3)47(54)56-41-22-19-35-12-8-9-15-37(35)29-41/h8-9,11-12,15,17,19,22-23,28-29,36,38-40,44-45,52,55H,5-7,10,13-14,16,18,20-21,24-27,30-32H2,1-4H3. The van der Waals surface area contributed by atoms with E-state index in [1.165, 1.54) is 24.8 Å². The summed E-state index contributed by atoms with van der Waals surface area (Å²) < 4.78 is 6.25. The van der Waals surface area contributed by atoms with Gasteiger partial charge in [0, 0.05) is 23.4 Å². The van der Waals surface area contributed by atoms with Gasteiger partial charge in [0.25, 0.3) is 0 Å². The first-order valence-corrected chi connectivity index (χ1v) is 22.0. The highest BCUT2D eigenvalue weighted by molar-refractivity contribution is 5.99. The van der Waals surface area contributed by atoms with E-state index >= 15 is 0 Å². The van der Waals surface area contributed by atoms with Crippen molar-refractivity contribution in [3.63, 3.8) is 0 Å². The third-order valence-electron chi connectivity index (χ3n) is 16.0. The second-order valence-corrected chi connectivity index (χ2v) is 19.6. The maximum atomic E-state index is 14.6. The lowest BCUT2D eigenvalue weighted by Gasteiger charge is -2.60. The number of Topliss-reactive ketones (excluding diaryl/α,β-unsaturated/α-hetero) is 1. The van der Waals surface area contributed by atoms with E-state index in [0.717, 1.165) is 91.2 Å². The first kappa shape index (κ1) is 39.4. The van der Waals surface area contributed by atoms with Gasteiger partial charge in [0.1, 0.15) is 5.75 Å². The molecule has 0 aromatic heterocycles. The number of aliphatic hydroxyl groups excluding tert-OH is 1. The minimum Gasteiger partial charge on any atom is -0.410 e. The van der Waals surface area contributed by atoms with E-state index in [2.05, 4.69) is 58.0 Å². The van der Waals surface area contributed by atoms with E-state index < -0.39 is 23.2 Å². The van der Waals surface area contributed by atoms with Crippen LogP contribution in [0.1, 0.15) is 145 Å². The SMILES string of the molecule is CC1=CCCC2(C)C(CCC2(O)CN(CC2CCC3CC2C3(C)C)C(=O)Oc2ccc3ccccc3c2)c2ccc(cc2C(=O)C2CCCCC2)CC(O)CC1. The molecule has 1 amide bonds. The Morgan fingerprint density at radius 1 is 0.875 bits per heavy atom. The molecule has 0 heterocycles. The zero-order valence-electron chi connectivity index (χ0n) is 34.4. The second kappa shape index (κ2) is 15.7. The Hall–Kier alpha value is -3.48. The third-order valence-corrected chi connectivity index (χ3v) is 16.0. The summed E-state index contributed by atoms with van der Waals surface area (Å²) in [6, 6.07) is 20.3. The number of ether oxygens (including phenoxy) is 1. The molecule has 7 atom stereocenters. The summed E-state index contributed by atoms with van der Waals surface area (Å²) in [5.41, 5.74) is 2.53. The van der Waals surface area contributed by atoms with Crippen molar-refractivity contribution in [2.75, 3.05) is 13.1 Å². The molecule has 0 spiro atoms. The van der Waals surface area contributed by atoms with Crippen molar-refractivity contribution in [3.05, 3.63) is 89.0 Å². The monoisotopic (exact) mass is 759 g/mol. The van der Waals surface area contributed by atoms with Crippen molar-refractivity contribution in [2.24, 2.45) is 34.5 Å². The molecule has 0 saturated heterocycles. The molecule has 6 nitrogen and oxygen atoms in total. The van der Waals surface area contributed by atoms with Crippen LogP contribution in [0.4, 0.5) is 4.79 Å². The molecule has 3 aromatic rings. The van der Waals surface area contributed by atoms with Crippen LogP contribution in [0.2, 0.25) is 0 Å². The van der Waals surface area contributed by atoms with Crippen LogP contribution in [-0.2, 0) is 6.42 Å². The number of carbonyl (C=O) groups excluding carboxylic acids is 2. The molecule has 7 unspecified atom stereocenters. The quantitative estimate of drug-likeness (QED) is 0.185. The van der Waals surface area contributed by atoms with Gasteiger partial charge in [-0.15, -0.1) is 0 Å². The molecule has 7 aliphatic rings. The van der Waals surface area contributed by atoms with Gasteiger partial charge in [0.15, 0.2) is 5.78 Å². The Bertz CT molecular complexity index is 1960. The zero-order chi connectivity index (χ0) is 39.2. The molecule has 56 heavy (non-hydrogen) atoms. The van der Waals surface area contributed by atoms with Crippen LogP contribution < -0.4 is 4.74 Å². The Morgan fingerprint density at radius 2 is 1.66 bits per heavy atom. The van der Waals surface area contributed by atoms with Crippen LogP contribution in [0.25, 0.3) is 10.8 Å². The van der Waals surface area contributed by atoms with Crippen LogP contribution >= 0.6 is 0 Å². The van der Waals surface area contributed by atoms with Gasteiger partial charge >= 0.3 is 6.09 Å². The largest absolute Gasteiger partial charge is 0.415 e. The van der Waals surface area contributed by atoms with Crippen LogP contribution in [-0.4, -0.2) is 51.8 Å². The number of ketones is 1. The van der Waals surface area contributed by atoms with Gasteiger partial charge in [-0.1, -0.05) is 94.1 Å². The van der Waals surface area contributed by atoms with Gasteiger partial charge in [-0.25, -0.2) is 4.79 Å². The molecule has 0 aliphatic heterocycles. The highest BCUT2D eigenvalue weighted by Gasteiger charge is 2.59. The zero-order valence-corrected chi connectivity index (χ0v) is 34.4. The Labute approximate surface area is 335 Å². The fraction of sp³-hybridized carbons (Fsp3) is 0.600. The number of hydrogen-bond donors (Lipinski definition) is 2. The third kappa shape index (κ3) is 7.50. The Balaban J connectivity index is 1.15. The fourth-order valence-electron chi connectivity index (χ4n) is 12.2. The molecule has 6 heteroatoms. The normalized spacial score (nSPS) is 31.8. The number of aliphatic hydroxyl groups is 2. The van der Waals surface area contributed by atoms with Crippen molar-refractivity contribution < 1.29 is 24.5 Å². The van der Waals surface area contributed by atoms with Crippen molar-refractivity contribution in [1.29, 1.82) is 0 Å². The molecule has 4 bridgehead atoms. The Morgan fingerprint density at radius 3 is 2.43 bits per heavy atom. The summed E-state index contributed by atoms with van der Waals surface area (Å²) in [4.78, 5) is 31.0. The second-order valence-electron chi connectivity index (χ2n) is 19.6. The molecule has 2 N–H and O–H groups in total. The van der Waals surface area contributed by atoms with Crippen molar-refractivity contribution >= 4 is 22.6 Å². The van der Waals surface area contributed by atoms with E-state index in [1.807, 2.05) is 41.3 Å². The molecular formula is C50H65NO5. The molecule has 0 radical (unpaired) electrons. The summed E-state index contributed by atoms with van der Waals surface area (Å²) in [6.45, 7) is 9.94. The van der Waals surface area contributed by atoms with Crippen molar-refractivity contribution in [1.82, 2.24) is 4.90 Å². The number of amides is 1.